The van der Waals surface area contributed by atoms with E-state index in [1.54, 1.807) is 6.20 Å². The minimum absolute atomic E-state index is 0.174. The van der Waals surface area contributed by atoms with Crippen molar-refractivity contribution in [1.82, 2.24) is 30.1 Å². The molecule has 0 unspecified atom stereocenters. The number of rotatable bonds is 4. The summed E-state index contributed by atoms with van der Waals surface area (Å²) in [6.07, 6.45) is 9.97. The summed E-state index contributed by atoms with van der Waals surface area (Å²) in [4.78, 5) is 16.9. The Morgan fingerprint density at radius 2 is 1.46 bits per heavy atom. The molecule has 2 aliphatic carbocycles. The van der Waals surface area contributed by atoms with Crippen LogP contribution in [0.25, 0.3) is 11.0 Å². The van der Waals surface area contributed by atoms with Gasteiger partial charge in [-0.05, 0) is 72.9 Å². The van der Waals surface area contributed by atoms with Crippen molar-refractivity contribution in [2.75, 3.05) is 16.4 Å². The minimum atomic E-state index is 0.174. The van der Waals surface area contributed by atoms with E-state index in [0.717, 1.165) is 42.4 Å². The minimum Gasteiger partial charge on any atom is -0.383 e. The fourth-order valence-corrected chi connectivity index (χ4v) is 5.26. The number of nitriles is 1. The number of benzene rings is 2. The third-order valence-corrected chi connectivity index (χ3v) is 7.28. The molecule has 39 heavy (non-hydrogen) atoms. The SMILES string of the molecule is N#Cc1cnc(Nc2cccc3c2CCC3)nc1Cl.Nc1[nH]nc2nc(Nc3cccc4c3CCC4)ncc12. The first kappa shape index (κ1) is 24.6. The summed E-state index contributed by atoms with van der Waals surface area (Å²) in [5.41, 5.74) is 14.2. The van der Waals surface area contributed by atoms with Gasteiger partial charge >= 0.3 is 0 Å². The van der Waals surface area contributed by atoms with Gasteiger partial charge in [0.15, 0.2) is 10.8 Å². The van der Waals surface area contributed by atoms with Crippen molar-refractivity contribution in [3.05, 3.63) is 81.8 Å². The molecule has 0 amide bonds. The molecule has 2 aromatic carbocycles. The van der Waals surface area contributed by atoms with E-state index in [4.69, 9.17) is 22.6 Å². The van der Waals surface area contributed by atoms with Gasteiger partial charge in [-0.2, -0.15) is 20.3 Å². The number of halogens is 1. The predicted octanol–water partition coefficient (Wildman–Crippen LogP) is 5.40. The second-order valence-electron chi connectivity index (χ2n) is 9.42. The molecule has 5 aromatic rings. The zero-order valence-corrected chi connectivity index (χ0v) is 21.8. The molecule has 194 valence electrons. The van der Waals surface area contributed by atoms with E-state index in [9.17, 15) is 0 Å². The van der Waals surface area contributed by atoms with Crippen LogP contribution in [0.2, 0.25) is 5.15 Å². The maximum atomic E-state index is 8.79. The highest BCUT2D eigenvalue weighted by Crippen LogP contribution is 2.31. The van der Waals surface area contributed by atoms with E-state index >= 15 is 0 Å². The second kappa shape index (κ2) is 10.6. The van der Waals surface area contributed by atoms with Gasteiger partial charge in [-0.15, -0.1) is 0 Å². The van der Waals surface area contributed by atoms with Gasteiger partial charge in [-0.3, -0.25) is 5.10 Å². The molecule has 3 aromatic heterocycles. The molecule has 0 atom stereocenters. The average Bonchev–Trinajstić information content (AvgIpc) is 3.70. The average molecular weight is 537 g/mol. The third-order valence-electron chi connectivity index (χ3n) is 6.99. The van der Waals surface area contributed by atoms with Crippen LogP contribution in [0.15, 0.2) is 48.8 Å². The van der Waals surface area contributed by atoms with Gasteiger partial charge in [-0.1, -0.05) is 35.9 Å². The van der Waals surface area contributed by atoms with Gasteiger partial charge in [0.05, 0.1) is 11.6 Å². The maximum absolute atomic E-state index is 8.79. The number of aromatic nitrogens is 6. The maximum Gasteiger partial charge on any atom is 0.229 e. The Labute approximate surface area is 229 Å². The lowest BCUT2D eigenvalue weighted by Gasteiger charge is -2.10. The summed E-state index contributed by atoms with van der Waals surface area (Å²) in [7, 11) is 0. The topological polar surface area (TPSA) is 154 Å². The number of aryl methyl sites for hydroxylation is 2. The van der Waals surface area contributed by atoms with Crippen molar-refractivity contribution in [3.63, 3.8) is 0 Å². The summed E-state index contributed by atoms with van der Waals surface area (Å²) >= 11 is 5.90. The van der Waals surface area contributed by atoms with Crippen molar-refractivity contribution in [3.8, 4) is 6.07 Å². The lowest BCUT2D eigenvalue weighted by atomic mass is 10.1. The van der Waals surface area contributed by atoms with Crippen LogP contribution >= 0.6 is 11.6 Å². The summed E-state index contributed by atoms with van der Waals surface area (Å²) in [5, 5.41) is 22.9. The summed E-state index contributed by atoms with van der Waals surface area (Å²) in [6, 6.07) is 14.5. The first-order chi connectivity index (χ1) is 19.1. The largest absolute Gasteiger partial charge is 0.383 e. The highest BCUT2D eigenvalue weighted by Gasteiger charge is 2.16. The van der Waals surface area contributed by atoms with Crippen LogP contribution in [0, 0.1) is 11.3 Å². The lowest BCUT2D eigenvalue weighted by Crippen LogP contribution is -2.01. The van der Waals surface area contributed by atoms with Crippen molar-refractivity contribution < 1.29 is 0 Å². The molecule has 0 radical (unpaired) electrons. The standard InChI is InChI=1S/C14H11ClN4.C14H14N6/c15-13-10(7-16)8-17-14(19-13)18-12-6-2-4-9-3-1-5-11(9)12;15-12-10-7-16-14(18-13(10)20-19-12)17-11-6-2-4-8-3-1-5-9(8)11/h2,4,6,8H,1,3,5H2,(H,17,18,19);2,4,6-7H,1,3,5H2,(H4,15,16,17,18,19,20). The Morgan fingerprint density at radius 3 is 2.08 bits per heavy atom. The van der Waals surface area contributed by atoms with E-state index in [-0.39, 0.29) is 10.7 Å². The number of hydrogen-bond donors (Lipinski definition) is 4. The molecular formula is C28H25ClN10. The van der Waals surface area contributed by atoms with E-state index < -0.39 is 0 Å². The van der Waals surface area contributed by atoms with Crippen LogP contribution in [-0.2, 0) is 25.7 Å². The molecule has 0 saturated heterocycles. The van der Waals surface area contributed by atoms with Crippen molar-refractivity contribution in [1.29, 1.82) is 5.26 Å². The van der Waals surface area contributed by atoms with Crippen molar-refractivity contribution in [2.24, 2.45) is 0 Å². The fourth-order valence-electron chi connectivity index (χ4n) is 5.09. The molecule has 0 spiro atoms. The van der Waals surface area contributed by atoms with Gasteiger partial charge in [0, 0.05) is 17.6 Å². The molecule has 10 nitrogen and oxygen atoms in total. The van der Waals surface area contributed by atoms with Gasteiger partial charge in [-0.25, -0.2) is 9.97 Å². The van der Waals surface area contributed by atoms with E-state index in [2.05, 4.69) is 65.0 Å². The Balaban J connectivity index is 0.000000142. The summed E-state index contributed by atoms with van der Waals surface area (Å²) < 4.78 is 0. The van der Waals surface area contributed by atoms with Gasteiger partial charge in [0.1, 0.15) is 17.5 Å². The zero-order chi connectivity index (χ0) is 26.8. The van der Waals surface area contributed by atoms with E-state index in [1.165, 1.54) is 41.3 Å². The van der Waals surface area contributed by atoms with Crippen LogP contribution < -0.4 is 16.4 Å². The number of H-pyrrole nitrogens is 1. The fraction of sp³-hybridized carbons (Fsp3) is 0.214. The number of nitrogens with two attached hydrogens (primary N) is 1. The molecule has 7 rings (SSSR count). The lowest BCUT2D eigenvalue weighted by molar-refractivity contribution is 0.912. The molecule has 0 saturated carbocycles. The van der Waals surface area contributed by atoms with Crippen LogP contribution in [0.5, 0.6) is 0 Å². The molecule has 5 N–H and O–H groups in total. The number of fused-ring (bicyclic) bond motifs is 3. The van der Waals surface area contributed by atoms with E-state index in [1.807, 2.05) is 18.2 Å². The number of hydrogen-bond acceptors (Lipinski definition) is 9. The first-order valence-electron chi connectivity index (χ1n) is 12.7. The Kier molecular flexibility index (Phi) is 6.65. The van der Waals surface area contributed by atoms with Gasteiger partial charge < -0.3 is 16.4 Å². The van der Waals surface area contributed by atoms with E-state index in [0.29, 0.717) is 23.4 Å². The molecular weight excluding hydrogens is 512 g/mol. The number of nitrogens with zero attached hydrogens (tertiary/aromatic N) is 6. The molecule has 0 aliphatic heterocycles. The number of anilines is 5. The van der Waals surface area contributed by atoms with Crippen LogP contribution in [-0.4, -0.2) is 30.1 Å². The van der Waals surface area contributed by atoms with Crippen LogP contribution in [0.1, 0.15) is 40.7 Å². The van der Waals surface area contributed by atoms with Crippen LogP contribution in [0.4, 0.5) is 29.1 Å². The monoisotopic (exact) mass is 536 g/mol. The molecule has 3 heterocycles. The summed E-state index contributed by atoms with van der Waals surface area (Å²) in [6.45, 7) is 0. The first-order valence-corrected chi connectivity index (χ1v) is 13.1. The predicted molar refractivity (Wildman–Crippen MR) is 151 cm³/mol. The number of nitrogen functional groups attached to an aromatic ring is 1. The quantitative estimate of drug-likeness (QED) is 0.221. The van der Waals surface area contributed by atoms with Gasteiger partial charge in [0.2, 0.25) is 11.9 Å². The second-order valence-corrected chi connectivity index (χ2v) is 9.78. The molecule has 0 bridgehead atoms. The normalized spacial score (nSPS) is 13.2. The van der Waals surface area contributed by atoms with Crippen LogP contribution in [0.3, 0.4) is 0 Å². The van der Waals surface area contributed by atoms with Crippen molar-refractivity contribution in [2.45, 2.75) is 38.5 Å². The van der Waals surface area contributed by atoms with Gasteiger partial charge in [0.25, 0.3) is 0 Å². The van der Waals surface area contributed by atoms with Crippen molar-refractivity contribution >= 4 is 51.7 Å². The third kappa shape index (κ3) is 5.04. The zero-order valence-electron chi connectivity index (χ0n) is 21.0. The molecule has 11 heteroatoms. The molecule has 2 aliphatic rings. The summed E-state index contributed by atoms with van der Waals surface area (Å²) in [5.74, 6) is 1.46. The number of nitrogens with one attached hydrogen (secondary N) is 3. The Morgan fingerprint density at radius 1 is 0.846 bits per heavy atom. The highest BCUT2D eigenvalue weighted by atomic mass is 35.5. The smallest absolute Gasteiger partial charge is 0.229 e. The molecule has 0 fully saturated rings. The Bertz CT molecular complexity index is 1720. The highest BCUT2D eigenvalue weighted by molar-refractivity contribution is 6.30. The Hall–Kier alpha value is -4.75. The number of aromatic amines is 1.